The first-order valence-corrected chi connectivity index (χ1v) is 9.41. The Bertz CT molecular complexity index is 796. The van der Waals surface area contributed by atoms with E-state index in [4.69, 9.17) is 9.47 Å². The molecule has 2 aromatic rings. The molecule has 0 N–H and O–H groups in total. The maximum atomic E-state index is 12.9. The minimum Gasteiger partial charge on any atom is -0.497 e. The Kier molecular flexibility index (Phi) is 6.63. The Morgan fingerprint density at radius 1 is 1.00 bits per heavy atom. The first-order chi connectivity index (χ1) is 13.6. The molecule has 3 rings (SSSR count). The summed E-state index contributed by atoms with van der Waals surface area (Å²) in [7, 11) is 1.59. The second-order valence-corrected chi connectivity index (χ2v) is 6.80. The predicted octanol–water partition coefficient (Wildman–Crippen LogP) is 3.72. The molecular weight excluding hydrogens is 361 g/mol. The average Bonchev–Trinajstić information content (AvgIpc) is 2.74. The lowest BCUT2D eigenvalue weighted by Gasteiger charge is -2.31. The summed E-state index contributed by atoms with van der Waals surface area (Å²) >= 11 is 0. The van der Waals surface area contributed by atoms with Crippen LogP contribution in [0, 0.1) is 11.7 Å². The molecule has 2 aromatic carbocycles. The summed E-state index contributed by atoms with van der Waals surface area (Å²) in [6, 6.07) is 12.9. The molecule has 0 radical (unpaired) electrons. The van der Waals surface area contributed by atoms with Gasteiger partial charge in [-0.25, -0.2) is 4.39 Å². The second-order valence-electron chi connectivity index (χ2n) is 6.80. The Hall–Kier alpha value is -2.89. The highest BCUT2D eigenvalue weighted by Gasteiger charge is 2.27. The highest BCUT2D eigenvalue weighted by atomic mass is 19.1. The highest BCUT2D eigenvalue weighted by molar-refractivity contribution is 5.98. The van der Waals surface area contributed by atoms with E-state index in [1.807, 2.05) is 0 Å². The van der Waals surface area contributed by atoms with Crippen molar-refractivity contribution in [3.05, 3.63) is 59.9 Å². The zero-order valence-electron chi connectivity index (χ0n) is 15.9. The summed E-state index contributed by atoms with van der Waals surface area (Å²) in [5, 5.41) is 0. The molecule has 1 heterocycles. The van der Waals surface area contributed by atoms with Gasteiger partial charge in [0.25, 0.3) is 0 Å². The molecule has 28 heavy (non-hydrogen) atoms. The molecule has 0 aromatic heterocycles. The zero-order chi connectivity index (χ0) is 19.9. The van der Waals surface area contributed by atoms with E-state index in [1.54, 1.807) is 36.3 Å². The molecular formula is C22H24FNO4. The smallest absolute Gasteiger partial charge is 0.225 e. The van der Waals surface area contributed by atoms with Crippen LogP contribution in [0.5, 0.6) is 11.5 Å². The number of Topliss-reactive ketones (excluding diaryl/α,β-unsaturated/α-hetero) is 1. The molecule has 0 saturated carbocycles. The third kappa shape index (κ3) is 5.09. The van der Waals surface area contributed by atoms with Crippen molar-refractivity contribution in [2.24, 2.45) is 5.92 Å². The van der Waals surface area contributed by atoms with E-state index in [2.05, 4.69) is 0 Å². The lowest BCUT2D eigenvalue weighted by molar-refractivity contribution is -0.132. The van der Waals surface area contributed by atoms with E-state index in [0.717, 1.165) is 5.75 Å². The van der Waals surface area contributed by atoms with Gasteiger partial charge in [-0.05, 0) is 61.4 Å². The number of hydrogen-bond acceptors (Lipinski definition) is 4. The third-order valence-electron chi connectivity index (χ3n) is 4.99. The van der Waals surface area contributed by atoms with E-state index in [9.17, 15) is 14.0 Å². The number of carbonyl (C=O) groups is 2. The fraction of sp³-hybridized carbons (Fsp3) is 0.364. The number of ether oxygens (including phenoxy) is 2. The minimum absolute atomic E-state index is 0.0115. The Morgan fingerprint density at radius 3 is 2.21 bits per heavy atom. The molecule has 0 bridgehead atoms. The van der Waals surface area contributed by atoms with Crippen LogP contribution in [-0.4, -0.2) is 43.4 Å². The first-order valence-electron chi connectivity index (χ1n) is 9.41. The number of hydrogen-bond donors (Lipinski definition) is 0. The number of carbonyl (C=O) groups excluding carboxylic acids is 2. The molecule has 1 saturated heterocycles. The normalized spacial score (nSPS) is 14.6. The van der Waals surface area contributed by atoms with Gasteiger partial charge in [0.1, 0.15) is 17.3 Å². The number of nitrogens with zero attached hydrogens (tertiary/aromatic N) is 1. The number of likely N-dealkylation sites (tertiary alicyclic amines) is 1. The van der Waals surface area contributed by atoms with Crippen molar-refractivity contribution in [1.29, 1.82) is 0 Å². The number of benzene rings is 2. The maximum Gasteiger partial charge on any atom is 0.225 e. The van der Waals surface area contributed by atoms with Crippen LogP contribution in [0.15, 0.2) is 48.5 Å². The molecule has 1 amide bonds. The van der Waals surface area contributed by atoms with Crippen LogP contribution in [-0.2, 0) is 4.79 Å². The molecule has 1 aliphatic rings. The van der Waals surface area contributed by atoms with Gasteiger partial charge in [-0.15, -0.1) is 0 Å². The quantitative estimate of drug-likeness (QED) is 0.682. The molecule has 0 atom stereocenters. The molecule has 6 heteroatoms. The molecule has 5 nitrogen and oxygen atoms in total. The van der Waals surface area contributed by atoms with Gasteiger partial charge in [-0.2, -0.15) is 0 Å². The van der Waals surface area contributed by atoms with Gasteiger partial charge in [-0.3, -0.25) is 9.59 Å². The van der Waals surface area contributed by atoms with Crippen LogP contribution in [0.2, 0.25) is 0 Å². The third-order valence-corrected chi connectivity index (χ3v) is 4.99. The van der Waals surface area contributed by atoms with Gasteiger partial charge in [0.15, 0.2) is 5.78 Å². The standard InChI is InChI=1S/C22H24FNO4/c1-27-19-6-2-16(3-7-19)22(26)17-10-13-24(14-11-17)21(25)12-15-28-20-8-4-18(23)5-9-20/h2-9,17H,10-15H2,1H3. The molecule has 148 valence electrons. The van der Waals surface area contributed by atoms with E-state index in [-0.39, 0.29) is 36.5 Å². The van der Waals surface area contributed by atoms with Gasteiger partial charge in [0, 0.05) is 24.6 Å². The van der Waals surface area contributed by atoms with Crippen LogP contribution in [0.3, 0.4) is 0 Å². The Morgan fingerprint density at radius 2 is 1.61 bits per heavy atom. The maximum absolute atomic E-state index is 12.9. The minimum atomic E-state index is -0.324. The van der Waals surface area contributed by atoms with Gasteiger partial charge in [0.2, 0.25) is 5.91 Å². The number of halogens is 1. The van der Waals surface area contributed by atoms with E-state index in [0.29, 0.717) is 37.2 Å². The average molecular weight is 385 g/mol. The van der Waals surface area contributed by atoms with Gasteiger partial charge in [-0.1, -0.05) is 0 Å². The van der Waals surface area contributed by atoms with Crippen molar-refractivity contribution in [3.63, 3.8) is 0 Å². The fourth-order valence-electron chi connectivity index (χ4n) is 3.33. The molecule has 0 unspecified atom stereocenters. The lowest BCUT2D eigenvalue weighted by atomic mass is 9.89. The second kappa shape index (κ2) is 9.35. The fourth-order valence-corrected chi connectivity index (χ4v) is 3.33. The molecule has 1 aliphatic heterocycles. The van der Waals surface area contributed by atoms with E-state index in [1.165, 1.54) is 24.3 Å². The van der Waals surface area contributed by atoms with Crippen molar-refractivity contribution in [1.82, 2.24) is 4.90 Å². The van der Waals surface area contributed by atoms with Crippen molar-refractivity contribution < 1.29 is 23.5 Å². The first kappa shape index (κ1) is 19.9. The Labute approximate surface area is 164 Å². The SMILES string of the molecule is COc1ccc(C(=O)C2CCN(C(=O)CCOc3ccc(F)cc3)CC2)cc1. The van der Waals surface area contributed by atoms with Gasteiger partial charge >= 0.3 is 0 Å². The number of methoxy groups -OCH3 is 1. The number of rotatable bonds is 7. The van der Waals surface area contributed by atoms with Crippen molar-refractivity contribution >= 4 is 11.7 Å². The largest absolute Gasteiger partial charge is 0.497 e. The van der Waals surface area contributed by atoms with Crippen molar-refractivity contribution in [2.45, 2.75) is 19.3 Å². The monoisotopic (exact) mass is 385 g/mol. The van der Waals surface area contributed by atoms with Crippen LogP contribution in [0.1, 0.15) is 29.6 Å². The topological polar surface area (TPSA) is 55.8 Å². The number of ketones is 1. The molecule has 0 spiro atoms. The Balaban J connectivity index is 1.43. The highest BCUT2D eigenvalue weighted by Crippen LogP contribution is 2.23. The van der Waals surface area contributed by atoms with Crippen LogP contribution in [0.4, 0.5) is 4.39 Å². The number of amides is 1. The van der Waals surface area contributed by atoms with Crippen molar-refractivity contribution in [3.8, 4) is 11.5 Å². The summed E-state index contributed by atoms with van der Waals surface area (Å²) in [5.74, 6) is 1.01. The van der Waals surface area contributed by atoms with Crippen LogP contribution >= 0.6 is 0 Å². The van der Waals surface area contributed by atoms with E-state index >= 15 is 0 Å². The number of piperidine rings is 1. The van der Waals surface area contributed by atoms with Crippen LogP contribution < -0.4 is 9.47 Å². The lowest BCUT2D eigenvalue weighted by Crippen LogP contribution is -2.40. The van der Waals surface area contributed by atoms with Gasteiger partial charge in [0.05, 0.1) is 20.1 Å². The van der Waals surface area contributed by atoms with Gasteiger partial charge < -0.3 is 14.4 Å². The molecule has 1 fully saturated rings. The summed E-state index contributed by atoms with van der Waals surface area (Å²) in [6.45, 7) is 1.39. The van der Waals surface area contributed by atoms with E-state index < -0.39 is 0 Å². The summed E-state index contributed by atoms with van der Waals surface area (Å²) in [4.78, 5) is 26.8. The summed E-state index contributed by atoms with van der Waals surface area (Å²) in [5.41, 5.74) is 0.679. The zero-order valence-corrected chi connectivity index (χ0v) is 15.9. The predicted molar refractivity (Wildman–Crippen MR) is 103 cm³/mol. The summed E-state index contributed by atoms with van der Waals surface area (Å²) in [6.07, 6.45) is 1.58. The summed E-state index contributed by atoms with van der Waals surface area (Å²) < 4.78 is 23.5. The molecule has 0 aliphatic carbocycles. The van der Waals surface area contributed by atoms with Crippen molar-refractivity contribution in [2.75, 3.05) is 26.8 Å². The van der Waals surface area contributed by atoms with Crippen LogP contribution in [0.25, 0.3) is 0 Å².